The van der Waals surface area contributed by atoms with Crippen molar-refractivity contribution in [2.45, 2.75) is 13.0 Å². The highest BCUT2D eigenvalue weighted by Gasteiger charge is 2.22. The fraction of sp³-hybridized carbons (Fsp3) is 0.500. The molecule has 1 atom stereocenters. The van der Waals surface area contributed by atoms with Crippen molar-refractivity contribution in [1.82, 2.24) is 4.90 Å². The minimum absolute atomic E-state index is 0. The van der Waals surface area contributed by atoms with Crippen LogP contribution in [0.2, 0.25) is 0 Å². The Kier molecular flexibility index (Phi) is 5.31. The molecule has 0 bridgehead atoms. The molecule has 96 valence electrons. The smallest absolute Gasteiger partial charge is 0.130 e. The molecule has 1 aromatic carbocycles. The second-order valence-corrected chi connectivity index (χ2v) is 4.33. The highest BCUT2D eigenvalue weighted by molar-refractivity contribution is 5.85. The van der Waals surface area contributed by atoms with Gasteiger partial charge in [0, 0.05) is 18.7 Å². The Bertz CT molecular complexity index is 353. The van der Waals surface area contributed by atoms with Gasteiger partial charge in [-0.1, -0.05) is 6.07 Å². The van der Waals surface area contributed by atoms with E-state index >= 15 is 0 Å². The van der Waals surface area contributed by atoms with Crippen molar-refractivity contribution >= 4 is 12.4 Å². The van der Waals surface area contributed by atoms with Gasteiger partial charge in [-0.3, -0.25) is 4.90 Å². The third-order valence-electron chi connectivity index (χ3n) is 3.15. The van der Waals surface area contributed by atoms with Gasteiger partial charge < -0.3 is 5.73 Å². The van der Waals surface area contributed by atoms with Crippen molar-refractivity contribution in [1.29, 1.82) is 0 Å². The van der Waals surface area contributed by atoms with Gasteiger partial charge in [-0.2, -0.15) is 0 Å². The number of likely N-dealkylation sites (tertiary alicyclic amines) is 1. The van der Waals surface area contributed by atoms with Crippen molar-refractivity contribution in [2.24, 2.45) is 11.7 Å². The van der Waals surface area contributed by atoms with Crippen molar-refractivity contribution in [3.05, 3.63) is 35.4 Å². The minimum Gasteiger partial charge on any atom is -0.330 e. The maximum atomic E-state index is 13.4. The van der Waals surface area contributed by atoms with Crippen molar-refractivity contribution in [3.63, 3.8) is 0 Å². The number of nitrogens with zero attached hydrogens (tertiary/aromatic N) is 1. The van der Waals surface area contributed by atoms with Crippen molar-refractivity contribution in [2.75, 3.05) is 19.6 Å². The quantitative estimate of drug-likeness (QED) is 0.905. The van der Waals surface area contributed by atoms with Gasteiger partial charge >= 0.3 is 0 Å². The lowest BCUT2D eigenvalue weighted by Gasteiger charge is -2.16. The van der Waals surface area contributed by atoms with E-state index in [2.05, 4.69) is 4.90 Å². The minimum atomic E-state index is -0.462. The third-order valence-corrected chi connectivity index (χ3v) is 3.15. The average Bonchev–Trinajstić information content (AvgIpc) is 2.71. The Labute approximate surface area is 106 Å². The molecule has 0 saturated carbocycles. The largest absolute Gasteiger partial charge is 0.330 e. The first-order chi connectivity index (χ1) is 7.70. The molecule has 2 nitrogen and oxygen atoms in total. The molecule has 1 unspecified atom stereocenters. The van der Waals surface area contributed by atoms with Crippen LogP contribution in [0.15, 0.2) is 18.2 Å². The molecule has 1 heterocycles. The van der Waals surface area contributed by atoms with Crippen LogP contribution in [0.3, 0.4) is 0 Å². The fourth-order valence-corrected chi connectivity index (χ4v) is 2.16. The SMILES string of the molecule is Cl.NCC1CCN(Cc2c(F)cccc2F)C1. The first kappa shape index (κ1) is 14.4. The van der Waals surface area contributed by atoms with E-state index in [9.17, 15) is 8.78 Å². The zero-order valence-electron chi connectivity index (χ0n) is 9.53. The molecule has 0 amide bonds. The van der Waals surface area contributed by atoms with Gasteiger partial charge in [-0.25, -0.2) is 8.78 Å². The maximum absolute atomic E-state index is 13.4. The van der Waals surface area contributed by atoms with E-state index in [0.717, 1.165) is 19.5 Å². The molecule has 2 rings (SSSR count). The first-order valence-electron chi connectivity index (χ1n) is 5.56. The van der Waals surface area contributed by atoms with Gasteiger partial charge in [0.2, 0.25) is 0 Å². The summed E-state index contributed by atoms with van der Waals surface area (Å²) in [6, 6.07) is 3.99. The second-order valence-electron chi connectivity index (χ2n) is 4.33. The molecule has 1 aliphatic rings. The Morgan fingerprint density at radius 2 is 1.94 bits per heavy atom. The van der Waals surface area contributed by atoms with Crippen LogP contribution in [0.25, 0.3) is 0 Å². The fourth-order valence-electron chi connectivity index (χ4n) is 2.16. The summed E-state index contributed by atoms with van der Waals surface area (Å²) in [5.41, 5.74) is 5.74. The van der Waals surface area contributed by atoms with Crippen LogP contribution in [-0.2, 0) is 6.54 Å². The molecule has 1 aliphatic heterocycles. The number of hydrogen-bond donors (Lipinski definition) is 1. The highest BCUT2D eigenvalue weighted by atomic mass is 35.5. The Morgan fingerprint density at radius 3 is 2.47 bits per heavy atom. The first-order valence-corrected chi connectivity index (χ1v) is 5.56. The number of rotatable bonds is 3. The van der Waals surface area contributed by atoms with Crippen LogP contribution in [-0.4, -0.2) is 24.5 Å². The molecule has 0 spiro atoms. The molecular formula is C12H17ClF2N2. The molecule has 1 aromatic rings. The van der Waals surface area contributed by atoms with E-state index in [-0.39, 0.29) is 18.0 Å². The molecule has 1 fully saturated rings. The van der Waals surface area contributed by atoms with Gasteiger partial charge in [0.1, 0.15) is 11.6 Å². The Balaban J connectivity index is 0.00000144. The predicted molar refractivity (Wildman–Crippen MR) is 66.0 cm³/mol. The summed E-state index contributed by atoms with van der Waals surface area (Å²) in [5.74, 6) is -0.456. The molecule has 2 N–H and O–H groups in total. The maximum Gasteiger partial charge on any atom is 0.130 e. The Hall–Kier alpha value is -0.710. The lowest BCUT2D eigenvalue weighted by Crippen LogP contribution is -2.23. The zero-order chi connectivity index (χ0) is 11.5. The van der Waals surface area contributed by atoms with Crippen LogP contribution in [0.5, 0.6) is 0 Å². The lowest BCUT2D eigenvalue weighted by atomic mass is 10.1. The summed E-state index contributed by atoms with van der Waals surface area (Å²) >= 11 is 0. The summed E-state index contributed by atoms with van der Waals surface area (Å²) in [5, 5.41) is 0. The second kappa shape index (κ2) is 6.28. The zero-order valence-corrected chi connectivity index (χ0v) is 10.4. The van der Waals surface area contributed by atoms with Crippen LogP contribution in [0, 0.1) is 17.6 Å². The average molecular weight is 263 g/mol. The monoisotopic (exact) mass is 262 g/mol. The molecule has 5 heteroatoms. The predicted octanol–water partition coefficient (Wildman–Crippen LogP) is 2.17. The van der Waals surface area contributed by atoms with E-state index in [1.54, 1.807) is 0 Å². The standard InChI is InChI=1S/C12H16F2N2.ClH/c13-11-2-1-3-12(14)10(11)8-16-5-4-9(6-15)7-16;/h1-3,9H,4-8,15H2;1H. The van der Waals surface area contributed by atoms with Crippen molar-refractivity contribution in [3.8, 4) is 0 Å². The van der Waals surface area contributed by atoms with Crippen LogP contribution < -0.4 is 5.73 Å². The van der Waals surface area contributed by atoms with Crippen LogP contribution >= 0.6 is 12.4 Å². The van der Waals surface area contributed by atoms with Crippen molar-refractivity contribution < 1.29 is 8.78 Å². The highest BCUT2D eigenvalue weighted by Crippen LogP contribution is 2.20. The normalized spacial score (nSPS) is 20.3. The van der Waals surface area contributed by atoms with Crippen LogP contribution in [0.4, 0.5) is 8.78 Å². The Morgan fingerprint density at radius 1 is 1.29 bits per heavy atom. The molecule has 0 aliphatic carbocycles. The summed E-state index contributed by atoms with van der Waals surface area (Å²) in [6.07, 6.45) is 1.02. The molecule has 0 aromatic heterocycles. The van der Waals surface area contributed by atoms with E-state index < -0.39 is 11.6 Å². The molecule has 0 radical (unpaired) electrons. The van der Waals surface area contributed by atoms with E-state index in [1.165, 1.54) is 18.2 Å². The number of nitrogens with two attached hydrogens (primary N) is 1. The third kappa shape index (κ3) is 3.37. The summed E-state index contributed by atoms with van der Waals surface area (Å²) in [6.45, 7) is 2.70. The van der Waals surface area contributed by atoms with Gasteiger partial charge in [0.05, 0.1) is 0 Å². The summed E-state index contributed by atoms with van der Waals surface area (Å²) in [4.78, 5) is 2.05. The van der Waals surface area contributed by atoms with Gasteiger partial charge in [0.25, 0.3) is 0 Å². The van der Waals surface area contributed by atoms with E-state index in [4.69, 9.17) is 5.73 Å². The summed E-state index contributed by atoms with van der Waals surface area (Å²) in [7, 11) is 0. The number of benzene rings is 1. The van der Waals surface area contributed by atoms with Crippen LogP contribution in [0.1, 0.15) is 12.0 Å². The van der Waals surface area contributed by atoms with Gasteiger partial charge in [-0.15, -0.1) is 12.4 Å². The summed E-state index contributed by atoms with van der Waals surface area (Å²) < 4.78 is 26.8. The molecule has 1 saturated heterocycles. The number of hydrogen-bond acceptors (Lipinski definition) is 2. The lowest BCUT2D eigenvalue weighted by molar-refractivity contribution is 0.306. The molecular weight excluding hydrogens is 246 g/mol. The van der Waals surface area contributed by atoms with Gasteiger partial charge in [0.15, 0.2) is 0 Å². The van der Waals surface area contributed by atoms with E-state index in [0.29, 0.717) is 19.0 Å². The topological polar surface area (TPSA) is 29.3 Å². The molecule has 17 heavy (non-hydrogen) atoms. The van der Waals surface area contributed by atoms with E-state index in [1.807, 2.05) is 0 Å². The van der Waals surface area contributed by atoms with Gasteiger partial charge in [-0.05, 0) is 37.6 Å². The number of halogens is 3.